The molecule has 0 saturated carbocycles. The Morgan fingerprint density at radius 3 is 2.36 bits per heavy atom. The van der Waals surface area contributed by atoms with Crippen molar-refractivity contribution in [3.63, 3.8) is 0 Å². The highest BCUT2D eigenvalue weighted by Gasteiger charge is 2.38. The standard InChI is InChI=1S/C8H14O3/c1-4-6(3)8(11,5-2)7(9)10/h4,6,11H,1,5H2,2-3H3,(H,9,10). The minimum absolute atomic E-state index is 0.190. The van der Waals surface area contributed by atoms with Crippen LogP contribution in [0.4, 0.5) is 0 Å². The summed E-state index contributed by atoms with van der Waals surface area (Å²) < 4.78 is 0. The quantitative estimate of drug-likeness (QED) is 0.601. The Balaban J connectivity index is 4.58. The fraction of sp³-hybridized carbons (Fsp3) is 0.625. The van der Waals surface area contributed by atoms with Gasteiger partial charge >= 0.3 is 5.97 Å². The van der Waals surface area contributed by atoms with Gasteiger partial charge in [-0.05, 0) is 6.42 Å². The second kappa shape index (κ2) is 3.53. The van der Waals surface area contributed by atoms with Crippen LogP contribution >= 0.6 is 0 Å². The van der Waals surface area contributed by atoms with E-state index in [-0.39, 0.29) is 6.42 Å². The first kappa shape index (κ1) is 10.2. The molecule has 0 spiro atoms. The number of hydrogen-bond donors (Lipinski definition) is 2. The lowest BCUT2D eigenvalue weighted by molar-refractivity contribution is -0.162. The van der Waals surface area contributed by atoms with Crippen LogP contribution in [-0.2, 0) is 4.79 Å². The Kier molecular flexibility index (Phi) is 3.26. The number of carbonyl (C=O) groups is 1. The molecule has 2 unspecified atom stereocenters. The first-order valence-electron chi connectivity index (χ1n) is 3.57. The van der Waals surface area contributed by atoms with E-state index in [0.717, 1.165) is 0 Å². The molecule has 0 heterocycles. The first-order valence-corrected chi connectivity index (χ1v) is 3.57. The lowest BCUT2D eigenvalue weighted by Crippen LogP contribution is -2.43. The molecule has 2 N–H and O–H groups in total. The third kappa shape index (κ3) is 1.80. The van der Waals surface area contributed by atoms with Crippen molar-refractivity contribution in [3.05, 3.63) is 12.7 Å². The van der Waals surface area contributed by atoms with E-state index in [1.165, 1.54) is 6.08 Å². The Hall–Kier alpha value is -0.830. The number of carboxylic acids is 1. The molecule has 0 aromatic heterocycles. The van der Waals surface area contributed by atoms with Gasteiger partial charge in [-0.1, -0.05) is 19.9 Å². The molecule has 11 heavy (non-hydrogen) atoms. The van der Waals surface area contributed by atoms with Gasteiger partial charge in [-0.3, -0.25) is 0 Å². The molecule has 0 fully saturated rings. The van der Waals surface area contributed by atoms with Crippen LogP contribution in [0.2, 0.25) is 0 Å². The molecule has 0 aliphatic rings. The molecule has 0 rings (SSSR count). The van der Waals surface area contributed by atoms with E-state index in [0.29, 0.717) is 0 Å². The van der Waals surface area contributed by atoms with E-state index in [1.54, 1.807) is 13.8 Å². The van der Waals surface area contributed by atoms with Crippen molar-refractivity contribution in [1.82, 2.24) is 0 Å². The van der Waals surface area contributed by atoms with Gasteiger partial charge in [0.05, 0.1) is 0 Å². The lowest BCUT2D eigenvalue weighted by atomic mass is 9.87. The summed E-state index contributed by atoms with van der Waals surface area (Å²) in [4.78, 5) is 10.6. The highest BCUT2D eigenvalue weighted by molar-refractivity contribution is 5.77. The molecule has 0 radical (unpaired) electrons. The lowest BCUT2D eigenvalue weighted by Gasteiger charge is -2.26. The average Bonchev–Trinajstić information content (AvgIpc) is 2.01. The number of carboxylic acid groups (broad SMARTS) is 1. The summed E-state index contributed by atoms with van der Waals surface area (Å²) in [6.45, 7) is 6.70. The van der Waals surface area contributed by atoms with Crippen LogP contribution in [0.25, 0.3) is 0 Å². The summed E-state index contributed by atoms with van der Waals surface area (Å²) in [5.74, 6) is -1.61. The van der Waals surface area contributed by atoms with Gasteiger partial charge < -0.3 is 10.2 Å². The largest absolute Gasteiger partial charge is 0.479 e. The maximum absolute atomic E-state index is 10.6. The molecule has 0 aliphatic carbocycles. The van der Waals surface area contributed by atoms with Crippen molar-refractivity contribution in [2.24, 2.45) is 5.92 Å². The van der Waals surface area contributed by atoms with Gasteiger partial charge in [0.2, 0.25) is 0 Å². The van der Waals surface area contributed by atoms with Crippen molar-refractivity contribution in [1.29, 1.82) is 0 Å². The zero-order valence-electron chi connectivity index (χ0n) is 6.87. The van der Waals surface area contributed by atoms with Gasteiger partial charge in [-0.25, -0.2) is 4.79 Å². The van der Waals surface area contributed by atoms with Crippen LogP contribution < -0.4 is 0 Å². The van der Waals surface area contributed by atoms with Crippen LogP contribution in [0, 0.1) is 5.92 Å². The van der Waals surface area contributed by atoms with Gasteiger partial charge in [0, 0.05) is 5.92 Å². The van der Waals surface area contributed by atoms with Gasteiger partial charge in [0.25, 0.3) is 0 Å². The molecule has 0 aromatic rings. The summed E-state index contributed by atoms with van der Waals surface area (Å²) in [6, 6.07) is 0. The van der Waals surface area contributed by atoms with Gasteiger partial charge in [-0.15, -0.1) is 6.58 Å². The summed E-state index contributed by atoms with van der Waals surface area (Å²) in [5, 5.41) is 18.1. The maximum Gasteiger partial charge on any atom is 0.336 e. The molecule has 2 atom stereocenters. The van der Waals surface area contributed by atoms with E-state index >= 15 is 0 Å². The van der Waals surface area contributed by atoms with Gasteiger partial charge in [0.1, 0.15) is 0 Å². The van der Waals surface area contributed by atoms with E-state index < -0.39 is 17.5 Å². The van der Waals surface area contributed by atoms with Crippen LogP contribution in [0.5, 0.6) is 0 Å². The Labute approximate surface area is 66.4 Å². The smallest absolute Gasteiger partial charge is 0.336 e. The molecule has 3 heteroatoms. The van der Waals surface area contributed by atoms with E-state index in [2.05, 4.69) is 6.58 Å². The van der Waals surface area contributed by atoms with Crippen LogP contribution in [0.15, 0.2) is 12.7 Å². The van der Waals surface area contributed by atoms with Gasteiger partial charge in [-0.2, -0.15) is 0 Å². The number of hydrogen-bond acceptors (Lipinski definition) is 2. The maximum atomic E-state index is 10.6. The second-order valence-electron chi connectivity index (χ2n) is 2.61. The topological polar surface area (TPSA) is 57.5 Å². The highest BCUT2D eigenvalue weighted by Crippen LogP contribution is 2.22. The molecule has 64 valence electrons. The number of rotatable bonds is 4. The Bertz CT molecular complexity index is 165. The van der Waals surface area contributed by atoms with Crippen molar-refractivity contribution >= 4 is 5.97 Å². The molecule has 0 saturated heterocycles. The minimum Gasteiger partial charge on any atom is -0.479 e. The molecule has 0 aromatic carbocycles. The normalized spacial score (nSPS) is 18.5. The van der Waals surface area contributed by atoms with Crippen LogP contribution in [-0.4, -0.2) is 21.8 Å². The predicted molar refractivity (Wildman–Crippen MR) is 42.2 cm³/mol. The van der Waals surface area contributed by atoms with Crippen molar-refractivity contribution < 1.29 is 15.0 Å². The Morgan fingerprint density at radius 1 is 1.82 bits per heavy atom. The van der Waals surface area contributed by atoms with E-state index in [1.807, 2.05) is 0 Å². The van der Waals surface area contributed by atoms with Crippen LogP contribution in [0.1, 0.15) is 20.3 Å². The zero-order chi connectivity index (χ0) is 9.07. The fourth-order valence-electron chi connectivity index (χ4n) is 0.863. The van der Waals surface area contributed by atoms with Crippen LogP contribution in [0.3, 0.4) is 0 Å². The monoisotopic (exact) mass is 158 g/mol. The summed E-state index contributed by atoms with van der Waals surface area (Å²) >= 11 is 0. The van der Waals surface area contributed by atoms with E-state index in [4.69, 9.17) is 5.11 Å². The molecular formula is C8H14O3. The third-order valence-corrected chi connectivity index (χ3v) is 2.02. The highest BCUT2D eigenvalue weighted by atomic mass is 16.4. The predicted octanol–water partition coefficient (Wildman–Crippen LogP) is 1.03. The summed E-state index contributed by atoms with van der Waals surface area (Å²) in [6.07, 6.45) is 1.63. The first-order chi connectivity index (χ1) is 4.99. The zero-order valence-corrected chi connectivity index (χ0v) is 6.87. The summed E-state index contributed by atoms with van der Waals surface area (Å²) in [5.41, 5.74) is -1.65. The third-order valence-electron chi connectivity index (χ3n) is 2.02. The molecule has 0 amide bonds. The van der Waals surface area contributed by atoms with Crippen molar-refractivity contribution in [3.8, 4) is 0 Å². The molecular weight excluding hydrogens is 144 g/mol. The Morgan fingerprint density at radius 2 is 2.27 bits per heavy atom. The second-order valence-corrected chi connectivity index (χ2v) is 2.61. The average molecular weight is 158 g/mol. The fourth-order valence-corrected chi connectivity index (χ4v) is 0.863. The number of aliphatic carboxylic acids is 1. The molecule has 0 bridgehead atoms. The minimum atomic E-state index is -1.65. The molecule has 0 aliphatic heterocycles. The van der Waals surface area contributed by atoms with E-state index in [9.17, 15) is 9.90 Å². The van der Waals surface area contributed by atoms with Gasteiger partial charge in [0.15, 0.2) is 5.60 Å². The van der Waals surface area contributed by atoms with Crippen molar-refractivity contribution in [2.75, 3.05) is 0 Å². The molecule has 3 nitrogen and oxygen atoms in total. The van der Waals surface area contributed by atoms with Crippen molar-refractivity contribution in [2.45, 2.75) is 25.9 Å². The number of aliphatic hydroxyl groups is 1. The SMILES string of the molecule is C=CC(C)C(O)(CC)C(=O)O. The summed E-state index contributed by atoms with van der Waals surface area (Å²) in [7, 11) is 0.